The Bertz CT molecular complexity index is 350. The van der Waals surface area contributed by atoms with Crippen LogP contribution in [0.25, 0.3) is 0 Å². The summed E-state index contributed by atoms with van der Waals surface area (Å²) in [5.74, 6) is 0.268. The number of carbonyl (C=O) groups is 2. The monoisotopic (exact) mass is 370 g/mol. The molecule has 0 aromatic heterocycles. The molecule has 2 atom stereocenters. The number of nitrogens with zero attached hydrogens (tertiary/aromatic N) is 2. The van der Waals surface area contributed by atoms with Crippen molar-refractivity contribution in [3.05, 3.63) is 0 Å². The second kappa shape index (κ2) is 15.0. The van der Waals surface area contributed by atoms with Crippen molar-refractivity contribution in [1.29, 1.82) is 0 Å². The molecule has 0 saturated carbocycles. The third-order valence-electron chi connectivity index (χ3n) is 4.68. The molecule has 2 unspecified atom stereocenters. The number of likely N-dealkylation sites (N-methyl/N-ethyl adjacent to an activating group) is 2. The molecule has 2 amide bonds. The average molecular weight is 371 g/mol. The smallest absolute Gasteiger partial charge is 0.237 e. The van der Waals surface area contributed by atoms with Gasteiger partial charge in [0.25, 0.3) is 0 Å². The molecule has 6 heteroatoms. The van der Waals surface area contributed by atoms with Crippen LogP contribution in [-0.2, 0) is 9.59 Å². The van der Waals surface area contributed by atoms with Crippen molar-refractivity contribution in [2.75, 3.05) is 41.3 Å². The van der Waals surface area contributed by atoms with Crippen LogP contribution < -0.4 is 10.6 Å². The van der Waals surface area contributed by atoms with E-state index >= 15 is 0 Å². The summed E-state index contributed by atoms with van der Waals surface area (Å²) < 4.78 is 0. The van der Waals surface area contributed by atoms with Crippen LogP contribution in [0.4, 0.5) is 0 Å². The van der Waals surface area contributed by atoms with Crippen molar-refractivity contribution < 1.29 is 9.59 Å². The van der Waals surface area contributed by atoms with Crippen LogP contribution in [0.2, 0.25) is 0 Å². The van der Waals surface area contributed by atoms with Gasteiger partial charge in [0, 0.05) is 13.1 Å². The molecule has 2 N–H and O–H groups in total. The van der Waals surface area contributed by atoms with Crippen LogP contribution in [0.15, 0.2) is 0 Å². The Morgan fingerprint density at radius 2 is 1.04 bits per heavy atom. The zero-order valence-corrected chi connectivity index (χ0v) is 17.9. The van der Waals surface area contributed by atoms with Crippen LogP contribution in [-0.4, -0.2) is 75.0 Å². The first kappa shape index (κ1) is 24.9. The number of amides is 2. The Balaban J connectivity index is 3.78. The molecular formula is C20H42N4O2. The summed E-state index contributed by atoms with van der Waals surface area (Å²) in [6.07, 6.45) is 7.92. The van der Waals surface area contributed by atoms with Crippen molar-refractivity contribution in [3.63, 3.8) is 0 Å². The van der Waals surface area contributed by atoms with Gasteiger partial charge in [0.05, 0.1) is 12.1 Å². The summed E-state index contributed by atoms with van der Waals surface area (Å²) in [5.41, 5.74) is 0. The Hall–Kier alpha value is -1.14. The molecule has 0 fully saturated rings. The normalized spacial score (nSPS) is 13.7. The highest BCUT2D eigenvalue weighted by atomic mass is 16.2. The fraction of sp³-hybridized carbons (Fsp3) is 0.900. The van der Waals surface area contributed by atoms with Crippen LogP contribution in [0.3, 0.4) is 0 Å². The predicted molar refractivity (Wildman–Crippen MR) is 109 cm³/mol. The van der Waals surface area contributed by atoms with Crippen LogP contribution in [0.5, 0.6) is 0 Å². The van der Waals surface area contributed by atoms with Gasteiger partial charge in [0.15, 0.2) is 0 Å². The van der Waals surface area contributed by atoms with Gasteiger partial charge in [-0.1, -0.05) is 39.5 Å². The highest BCUT2D eigenvalue weighted by molar-refractivity contribution is 5.82. The first-order chi connectivity index (χ1) is 12.3. The molecule has 0 saturated heterocycles. The number of hydrogen-bond donors (Lipinski definition) is 2. The fourth-order valence-corrected chi connectivity index (χ4v) is 3.06. The van der Waals surface area contributed by atoms with Gasteiger partial charge in [-0.2, -0.15) is 0 Å². The van der Waals surface area contributed by atoms with Crippen LogP contribution >= 0.6 is 0 Å². The molecule has 0 bridgehead atoms. The van der Waals surface area contributed by atoms with Crippen LogP contribution in [0.1, 0.15) is 65.2 Å². The van der Waals surface area contributed by atoms with E-state index < -0.39 is 0 Å². The van der Waals surface area contributed by atoms with Gasteiger partial charge in [-0.15, -0.1) is 0 Å². The van der Waals surface area contributed by atoms with E-state index in [9.17, 15) is 9.59 Å². The molecule has 0 aliphatic carbocycles. The molecular weight excluding hydrogens is 328 g/mol. The first-order valence-electron chi connectivity index (χ1n) is 10.2. The zero-order chi connectivity index (χ0) is 19.9. The zero-order valence-electron chi connectivity index (χ0n) is 17.9. The van der Waals surface area contributed by atoms with Gasteiger partial charge in [0.2, 0.25) is 11.8 Å². The van der Waals surface area contributed by atoms with Crippen molar-refractivity contribution in [3.8, 4) is 0 Å². The molecule has 6 nitrogen and oxygen atoms in total. The Kier molecular flexibility index (Phi) is 14.3. The number of unbranched alkanes of at least 4 members (excludes halogenated alkanes) is 3. The lowest BCUT2D eigenvalue weighted by molar-refractivity contribution is -0.126. The maximum absolute atomic E-state index is 12.2. The lowest BCUT2D eigenvalue weighted by Gasteiger charge is -2.23. The molecule has 0 aromatic rings. The molecule has 26 heavy (non-hydrogen) atoms. The molecule has 0 aliphatic heterocycles. The highest BCUT2D eigenvalue weighted by Crippen LogP contribution is 2.05. The minimum absolute atomic E-state index is 0.0250. The van der Waals surface area contributed by atoms with Crippen molar-refractivity contribution in [1.82, 2.24) is 20.4 Å². The Labute approximate surface area is 161 Å². The number of rotatable bonds is 15. The molecule has 154 valence electrons. The first-order valence-corrected chi connectivity index (χ1v) is 10.2. The molecule has 0 radical (unpaired) electrons. The summed E-state index contributed by atoms with van der Waals surface area (Å²) in [7, 11) is 7.82. The van der Waals surface area contributed by atoms with Gasteiger partial charge < -0.3 is 10.6 Å². The molecule has 0 heterocycles. The number of nitrogens with one attached hydrogen (secondary N) is 2. The van der Waals surface area contributed by atoms with Crippen molar-refractivity contribution in [2.24, 2.45) is 0 Å². The topological polar surface area (TPSA) is 64.7 Å². The standard InChI is InChI=1S/C20H42N4O2/c1-7-13-17(23(3)4)19(25)21-15-11-9-10-12-16-22-20(26)18(14-8-2)24(5)6/h17-18H,7-16H2,1-6H3,(H,21,25)(H,22,26). The van der Waals surface area contributed by atoms with E-state index in [-0.39, 0.29) is 23.9 Å². The predicted octanol–water partition coefficient (Wildman–Crippen LogP) is 2.24. The summed E-state index contributed by atoms with van der Waals surface area (Å²) in [6, 6.07) is -0.0500. The van der Waals surface area contributed by atoms with E-state index in [4.69, 9.17) is 0 Å². The van der Waals surface area contributed by atoms with E-state index in [2.05, 4.69) is 24.5 Å². The number of hydrogen-bond acceptors (Lipinski definition) is 4. The van der Waals surface area contributed by atoms with Gasteiger partial charge in [-0.3, -0.25) is 19.4 Å². The average Bonchev–Trinajstić information content (AvgIpc) is 2.58. The molecule has 0 spiro atoms. The van der Waals surface area contributed by atoms with E-state index in [0.717, 1.165) is 64.5 Å². The largest absolute Gasteiger partial charge is 0.355 e. The maximum atomic E-state index is 12.2. The summed E-state index contributed by atoms with van der Waals surface area (Å²) in [6.45, 7) is 5.67. The summed E-state index contributed by atoms with van der Waals surface area (Å²) >= 11 is 0. The second-order valence-corrected chi connectivity index (χ2v) is 7.53. The van der Waals surface area contributed by atoms with E-state index in [1.54, 1.807) is 0 Å². The minimum atomic E-state index is -0.0250. The molecule has 0 rings (SSSR count). The molecule has 0 aromatic carbocycles. The summed E-state index contributed by atoms with van der Waals surface area (Å²) in [5, 5.41) is 6.09. The number of carbonyl (C=O) groups excluding carboxylic acids is 2. The van der Waals surface area contributed by atoms with Crippen LogP contribution in [0, 0.1) is 0 Å². The van der Waals surface area contributed by atoms with Crippen molar-refractivity contribution in [2.45, 2.75) is 77.3 Å². The Morgan fingerprint density at radius 1 is 0.692 bits per heavy atom. The lowest BCUT2D eigenvalue weighted by atomic mass is 10.1. The SMILES string of the molecule is CCCC(C(=O)NCCCCCCNC(=O)C(CCC)N(C)C)N(C)C. The quantitative estimate of drug-likeness (QED) is 0.434. The second-order valence-electron chi connectivity index (χ2n) is 7.53. The third kappa shape index (κ3) is 10.8. The van der Waals surface area contributed by atoms with Gasteiger partial charge in [-0.25, -0.2) is 0 Å². The highest BCUT2D eigenvalue weighted by Gasteiger charge is 2.19. The fourth-order valence-electron chi connectivity index (χ4n) is 3.06. The Morgan fingerprint density at radius 3 is 1.31 bits per heavy atom. The van der Waals surface area contributed by atoms with E-state index in [0.29, 0.717) is 0 Å². The van der Waals surface area contributed by atoms with Gasteiger partial charge >= 0.3 is 0 Å². The minimum Gasteiger partial charge on any atom is -0.355 e. The third-order valence-corrected chi connectivity index (χ3v) is 4.68. The maximum Gasteiger partial charge on any atom is 0.237 e. The van der Waals surface area contributed by atoms with E-state index in [1.165, 1.54) is 0 Å². The lowest BCUT2D eigenvalue weighted by Crippen LogP contribution is -2.43. The summed E-state index contributed by atoms with van der Waals surface area (Å²) in [4.78, 5) is 28.3. The molecule has 0 aliphatic rings. The van der Waals surface area contributed by atoms with E-state index in [1.807, 2.05) is 38.0 Å². The van der Waals surface area contributed by atoms with Crippen molar-refractivity contribution >= 4 is 11.8 Å². The van der Waals surface area contributed by atoms with Gasteiger partial charge in [0.1, 0.15) is 0 Å². The van der Waals surface area contributed by atoms with Gasteiger partial charge in [-0.05, 0) is 53.9 Å².